The van der Waals surface area contributed by atoms with Crippen molar-refractivity contribution in [3.63, 3.8) is 0 Å². The molecule has 1 N–H and O–H groups in total. The Balaban J connectivity index is 3.02. The van der Waals surface area contributed by atoms with Gasteiger partial charge in [-0.2, -0.15) is 4.73 Å². The molecule has 0 fully saturated rings. The van der Waals surface area contributed by atoms with Crippen LogP contribution < -0.4 is 4.73 Å². The zero-order valence-corrected chi connectivity index (χ0v) is 8.19. The zero-order valence-electron chi connectivity index (χ0n) is 8.19. The van der Waals surface area contributed by atoms with Crippen molar-refractivity contribution >= 4 is 0 Å². The van der Waals surface area contributed by atoms with E-state index in [0.717, 1.165) is 0 Å². The van der Waals surface area contributed by atoms with Gasteiger partial charge < -0.3 is 10.3 Å². The van der Waals surface area contributed by atoms with Crippen molar-refractivity contribution in [1.29, 1.82) is 0 Å². The van der Waals surface area contributed by atoms with E-state index in [9.17, 15) is 10.3 Å². The number of hydrogen-bond donors (Lipinski definition) is 1. The Kier molecular flexibility index (Phi) is 2.57. The summed E-state index contributed by atoms with van der Waals surface area (Å²) in [7, 11) is 0. The molecule has 0 aromatic carbocycles. The highest BCUT2D eigenvalue weighted by Gasteiger charge is 2.29. The molecule has 0 aliphatic carbocycles. The zero-order chi connectivity index (χ0) is 10.1. The first-order valence-electron chi connectivity index (χ1n) is 4.29. The maximum atomic E-state index is 11.3. The summed E-state index contributed by atoms with van der Waals surface area (Å²) in [6.07, 6.45) is 0.663. The average Bonchev–Trinajstić information content (AvgIpc) is 2.02. The van der Waals surface area contributed by atoms with Crippen LogP contribution in [0.15, 0.2) is 24.4 Å². The summed E-state index contributed by atoms with van der Waals surface area (Å²) in [4.78, 5) is 0. The van der Waals surface area contributed by atoms with Crippen molar-refractivity contribution in [2.24, 2.45) is 5.41 Å². The van der Waals surface area contributed by atoms with Crippen molar-refractivity contribution in [2.45, 2.75) is 26.9 Å². The van der Waals surface area contributed by atoms with Gasteiger partial charge in [-0.05, 0) is 11.5 Å². The monoisotopic (exact) mass is 181 g/mol. The largest absolute Gasteiger partial charge is 0.618 e. The quantitative estimate of drug-likeness (QED) is 0.526. The predicted octanol–water partition coefficient (Wildman–Crippen LogP) is 1.40. The molecule has 1 aromatic heterocycles. The minimum atomic E-state index is -0.730. The second-order valence-electron chi connectivity index (χ2n) is 4.22. The number of aliphatic hydroxyl groups is 1. The molecule has 1 atom stereocenters. The smallest absolute Gasteiger partial charge is 0.221 e. The maximum absolute atomic E-state index is 11.3. The molecule has 1 aromatic rings. The molecule has 0 aliphatic rings. The van der Waals surface area contributed by atoms with Gasteiger partial charge in [-0.15, -0.1) is 0 Å². The number of aromatic nitrogens is 1. The highest BCUT2D eigenvalue weighted by Crippen LogP contribution is 2.30. The average molecular weight is 181 g/mol. The van der Waals surface area contributed by atoms with Crippen LogP contribution in [0.3, 0.4) is 0 Å². The molecule has 1 heterocycles. The van der Waals surface area contributed by atoms with E-state index in [1.54, 1.807) is 18.2 Å². The Morgan fingerprint density at radius 1 is 1.38 bits per heavy atom. The minimum absolute atomic E-state index is 0.312. The van der Waals surface area contributed by atoms with Crippen LogP contribution in [0.5, 0.6) is 0 Å². The van der Waals surface area contributed by atoms with E-state index < -0.39 is 6.10 Å². The van der Waals surface area contributed by atoms with Crippen molar-refractivity contribution in [2.75, 3.05) is 0 Å². The first-order valence-corrected chi connectivity index (χ1v) is 4.29. The minimum Gasteiger partial charge on any atom is -0.618 e. The molecule has 0 radical (unpaired) electrons. The lowest BCUT2D eigenvalue weighted by Gasteiger charge is -2.24. The van der Waals surface area contributed by atoms with Crippen LogP contribution in [-0.4, -0.2) is 5.11 Å². The lowest BCUT2D eigenvalue weighted by molar-refractivity contribution is -0.620. The summed E-state index contributed by atoms with van der Waals surface area (Å²) in [6.45, 7) is 5.68. The Morgan fingerprint density at radius 2 is 2.00 bits per heavy atom. The van der Waals surface area contributed by atoms with Gasteiger partial charge in [0.05, 0.1) is 0 Å². The molecule has 0 aliphatic heterocycles. The van der Waals surface area contributed by atoms with E-state index in [2.05, 4.69) is 0 Å². The Morgan fingerprint density at radius 3 is 2.46 bits per heavy atom. The first-order chi connectivity index (χ1) is 5.93. The van der Waals surface area contributed by atoms with E-state index in [4.69, 9.17) is 0 Å². The van der Waals surface area contributed by atoms with Gasteiger partial charge in [0, 0.05) is 12.1 Å². The molecule has 1 unspecified atom stereocenters. The van der Waals surface area contributed by atoms with Gasteiger partial charge >= 0.3 is 0 Å². The van der Waals surface area contributed by atoms with Crippen LogP contribution in [0.25, 0.3) is 0 Å². The van der Waals surface area contributed by atoms with Crippen LogP contribution in [0.4, 0.5) is 0 Å². The van der Waals surface area contributed by atoms with Crippen LogP contribution >= 0.6 is 0 Å². The fourth-order valence-corrected chi connectivity index (χ4v) is 1.10. The normalized spacial score (nSPS) is 14.2. The number of pyridine rings is 1. The lowest BCUT2D eigenvalue weighted by Crippen LogP contribution is -2.36. The molecule has 13 heavy (non-hydrogen) atoms. The third-order valence-corrected chi connectivity index (χ3v) is 1.95. The number of rotatable bonds is 1. The molecule has 0 saturated heterocycles. The Hall–Kier alpha value is -1.09. The second-order valence-corrected chi connectivity index (χ2v) is 4.22. The molecule has 72 valence electrons. The number of nitrogens with zero attached hydrogens (tertiary/aromatic N) is 1. The summed E-state index contributed by atoms with van der Waals surface area (Å²) in [5.74, 6) is 0. The molecular formula is C10H15NO2. The summed E-state index contributed by atoms with van der Waals surface area (Å²) in [5, 5.41) is 21.1. The van der Waals surface area contributed by atoms with Gasteiger partial charge in [-0.25, -0.2) is 0 Å². The van der Waals surface area contributed by atoms with Crippen molar-refractivity contribution in [1.82, 2.24) is 0 Å². The highest BCUT2D eigenvalue weighted by molar-refractivity contribution is 5.03. The molecule has 3 nitrogen and oxygen atoms in total. The first kappa shape index (κ1) is 9.99. The van der Waals surface area contributed by atoms with E-state index in [0.29, 0.717) is 10.4 Å². The Bertz CT molecular complexity index is 291. The predicted molar refractivity (Wildman–Crippen MR) is 49.8 cm³/mol. The third kappa shape index (κ3) is 2.18. The second kappa shape index (κ2) is 3.34. The van der Waals surface area contributed by atoms with Gasteiger partial charge in [-0.1, -0.05) is 20.8 Å². The van der Waals surface area contributed by atoms with Gasteiger partial charge in [0.15, 0.2) is 6.20 Å². The topological polar surface area (TPSA) is 47.2 Å². The highest BCUT2D eigenvalue weighted by atomic mass is 16.5. The van der Waals surface area contributed by atoms with E-state index >= 15 is 0 Å². The molecule has 0 saturated carbocycles. The molecule has 1 rings (SSSR count). The van der Waals surface area contributed by atoms with Crippen LogP contribution in [0, 0.1) is 10.6 Å². The standard InChI is InChI=1S/C10H15NO2/c1-10(2,3)9(12)8-6-4-5-7-11(8)13/h4-7,9,12H,1-3H3. The molecule has 0 spiro atoms. The van der Waals surface area contributed by atoms with Crippen molar-refractivity contribution in [3.05, 3.63) is 35.3 Å². The van der Waals surface area contributed by atoms with Crippen LogP contribution in [0.1, 0.15) is 32.6 Å². The van der Waals surface area contributed by atoms with E-state index in [1.165, 1.54) is 6.20 Å². The summed E-state index contributed by atoms with van der Waals surface area (Å²) in [6, 6.07) is 5.04. The van der Waals surface area contributed by atoms with Crippen molar-refractivity contribution < 1.29 is 9.84 Å². The molecule has 3 heteroatoms. The SMILES string of the molecule is CC(C)(C)C(O)c1cccc[n+]1[O-]. The summed E-state index contributed by atoms with van der Waals surface area (Å²) in [5.41, 5.74) is 0.0862. The Labute approximate surface area is 78.2 Å². The van der Waals surface area contributed by atoms with Gasteiger partial charge in [-0.3, -0.25) is 0 Å². The summed E-state index contributed by atoms with van der Waals surface area (Å²) < 4.78 is 0.704. The van der Waals surface area contributed by atoms with Gasteiger partial charge in [0.1, 0.15) is 6.10 Å². The fourth-order valence-electron chi connectivity index (χ4n) is 1.10. The lowest BCUT2D eigenvalue weighted by atomic mass is 9.87. The van der Waals surface area contributed by atoms with E-state index in [-0.39, 0.29) is 5.41 Å². The maximum Gasteiger partial charge on any atom is 0.221 e. The fraction of sp³-hybridized carbons (Fsp3) is 0.500. The number of hydrogen-bond acceptors (Lipinski definition) is 2. The van der Waals surface area contributed by atoms with Gasteiger partial charge in [0.25, 0.3) is 0 Å². The molecule has 0 bridgehead atoms. The van der Waals surface area contributed by atoms with Crippen LogP contribution in [0.2, 0.25) is 0 Å². The summed E-state index contributed by atoms with van der Waals surface area (Å²) >= 11 is 0. The molecule has 0 amide bonds. The molecular weight excluding hydrogens is 166 g/mol. The van der Waals surface area contributed by atoms with Crippen molar-refractivity contribution in [3.8, 4) is 0 Å². The van der Waals surface area contributed by atoms with Crippen LogP contribution in [-0.2, 0) is 0 Å². The van der Waals surface area contributed by atoms with Gasteiger partial charge in [0.2, 0.25) is 5.69 Å². The van der Waals surface area contributed by atoms with E-state index in [1.807, 2.05) is 20.8 Å². The number of aliphatic hydroxyl groups excluding tert-OH is 1. The third-order valence-electron chi connectivity index (χ3n) is 1.95.